The van der Waals surface area contributed by atoms with Crippen LogP contribution in [0.25, 0.3) is 0 Å². The molecule has 1 N–H and O–H groups in total. The molecule has 2 heterocycles. The van der Waals surface area contributed by atoms with Crippen LogP contribution in [0.5, 0.6) is 5.75 Å². The molecule has 15 heavy (non-hydrogen) atoms. The summed E-state index contributed by atoms with van der Waals surface area (Å²) in [5.74, 6) is 0.776. The van der Waals surface area contributed by atoms with Crippen LogP contribution in [0.1, 0.15) is 16.5 Å². The smallest absolute Gasteiger partial charge is 0.129 e. The molecule has 2 rings (SSSR count). The second kappa shape index (κ2) is 4.04. The maximum absolute atomic E-state index is 10.0. The summed E-state index contributed by atoms with van der Waals surface area (Å²) in [6.45, 7) is 0. The summed E-state index contributed by atoms with van der Waals surface area (Å²) in [7, 11) is 3.44. The van der Waals surface area contributed by atoms with Gasteiger partial charge in [-0.2, -0.15) is 5.10 Å². The number of hydrogen-bond acceptors (Lipinski definition) is 4. The molecule has 1 unspecified atom stereocenters. The van der Waals surface area contributed by atoms with Gasteiger partial charge in [-0.1, -0.05) is 0 Å². The van der Waals surface area contributed by atoms with Crippen molar-refractivity contribution in [2.24, 2.45) is 7.05 Å². The minimum Gasteiger partial charge on any atom is -0.496 e. The van der Waals surface area contributed by atoms with Crippen molar-refractivity contribution in [3.05, 3.63) is 34.3 Å². The van der Waals surface area contributed by atoms with Crippen molar-refractivity contribution >= 4 is 11.3 Å². The lowest BCUT2D eigenvalue weighted by Crippen LogP contribution is -1.95. The maximum atomic E-state index is 10.0. The van der Waals surface area contributed by atoms with Gasteiger partial charge in [0.1, 0.15) is 11.9 Å². The molecule has 0 aromatic carbocycles. The van der Waals surface area contributed by atoms with Crippen molar-refractivity contribution in [1.29, 1.82) is 0 Å². The van der Waals surface area contributed by atoms with Gasteiger partial charge in [0.05, 0.1) is 13.3 Å². The number of aliphatic hydroxyl groups excluding tert-OH is 1. The van der Waals surface area contributed by atoms with Crippen LogP contribution in [0, 0.1) is 0 Å². The summed E-state index contributed by atoms with van der Waals surface area (Å²) in [6, 6.07) is 1.84. The number of aliphatic hydroxyl groups is 1. The summed E-state index contributed by atoms with van der Waals surface area (Å²) >= 11 is 1.47. The second-order valence-corrected chi connectivity index (χ2v) is 4.18. The molecule has 0 bridgehead atoms. The number of ether oxygens (including phenoxy) is 1. The molecule has 80 valence electrons. The van der Waals surface area contributed by atoms with Crippen LogP contribution in [0.3, 0.4) is 0 Å². The van der Waals surface area contributed by atoms with Gasteiger partial charge in [-0.05, 0) is 6.07 Å². The Labute approximate surface area is 91.7 Å². The number of nitrogens with zero attached hydrogens (tertiary/aromatic N) is 2. The van der Waals surface area contributed by atoms with E-state index in [4.69, 9.17) is 4.74 Å². The van der Waals surface area contributed by atoms with Gasteiger partial charge >= 0.3 is 0 Å². The molecular formula is C10H12N2O2S. The average Bonchev–Trinajstić information content (AvgIpc) is 2.84. The Bertz CT molecular complexity index is 450. The van der Waals surface area contributed by atoms with Gasteiger partial charge in [-0.15, -0.1) is 11.3 Å². The monoisotopic (exact) mass is 224 g/mol. The van der Waals surface area contributed by atoms with E-state index in [0.29, 0.717) is 0 Å². The van der Waals surface area contributed by atoms with Gasteiger partial charge in [-0.25, -0.2) is 0 Å². The molecule has 0 aliphatic carbocycles. The van der Waals surface area contributed by atoms with E-state index < -0.39 is 6.10 Å². The molecule has 2 aromatic heterocycles. The number of methoxy groups -OCH3 is 1. The quantitative estimate of drug-likeness (QED) is 0.861. The maximum Gasteiger partial charge on any atom is 0.129 e. The zero-order valence-electron chi connectivity index (χ0n) is 8.54. The Balaban J connectivity index is 2.23. The van der Waals surface area contributed by atoms with E-state index >= 15 is 0 Å². The molecule has 0 spiro atoms. The average molecular weight is 224 g/mol. The summed E-state index contributed by atoms with van der Waals surface area (Å²) in [5, 5.41) is 15.9. The highest BCUT2D eigenvalue weighted by atomic mass is 32.1. The lowest BCUT2D eigenvalue weighted by atomic mass is 10.2. The fourth-order valence-corrected chi connectivity index (χ4v) is 2.20. The van der Waals surface area contributed by atoms with E-state index in [1.807, 2.05) is 18.5 Å². The molecule has 0 amide bonds. The van der Waals surface area contributed by atoms with Crippen molar-refractivity contribution in [3.63, 3.8) is 0 Å². The van der Waals surface area contributed by atoms with Gasteiger partial charge in [0.15, 0.2) is 0 Å². The van der Waals surface area contributed by atoms with Crippen LogP contribution >= 0.6 is 11.3 Å². The Morgan fingerprint density at radius 1 is 1.60 bits per heavy atom. The van der Waals surface area contributed by atoms with E-state index in [0.717, 1.165) is 16.2 Å². The normalized spacial score (nSPS) is 12.7. The number of rotatable bonds is 3. The molecule has 0 saturated carbocycles. The molecule has 5 heteroatoms. The van der Waals surface area contributed by atoms with Crippen LogP contribution in [0.4, 0.5) is 0 Å². The lowest BCUT2D eigenvalue weighted by molar-refractivity contribution is 0.224. The molecule has 2 aromatic rings. The predicted octanol–water partition coefficient (Wildman–Crippen LogP) is 1.57. The Hall–Kier alpha value is -1.33. The first-order valence-electron chi connectivity index (χ1n) is 4.49. The van der Waals surface area contributed by atoms with Gasteiger partial charge < -0.3 is 9.84 Å². The highest BCUT2D eigenvalue weighted by Crippen LogP contribution is 2.30. The van der Waals surface area contributed by atoms with Crippen molar-refractivity contribution in [1.82, 2.24) is 9.78 Å². The minimum absolute atomic E-state index is 0.618. The fraction of sp³-hybridized carbons (Fsp3) is 0.300. The molecule has 0 fully saturated rings. The zero-order chi connectivity index (χ0) is 10.8. The summed E-state index contributed by atoms with van der Waals surface area (Å²) in [6.07, 6.45) is 2.85. The molecule has 0 aliphatic heterocycles. The minimum atomic E-state index is -0.618. The van der Waals surface area contributed by atoms with Crippen LogP contribution in [0.2, 0.25) is 0 Å². The molecule has 1 atom stereocenters. The molecule has 0 aliphatic rings. The summed E-state index contributed by atoms with van der Waals surface area (Å²) < 4.78 is 6.73. The van der Waals surface area contributed by atoms with Crippen LogP contribution in [-0.2, 0) is 7.05 Å². The van der Waals surface area contributed by atoms with Crippen molar-refractivity contribution < 1.29 is 9.84 Å². The van der Waals surface area contributed by atoms with Crippen molar-refractivity contribution in [2.75, 3.05) is 7.11 Å². The molecule has 0 radical (unpaired) electrons. The second-order valence-electron chi connectivity index (χ2n) is 3.24. The number of thiophene rings is 1. The third kappa shape index (κ3) is 2.03. The summed E-state index contributed by atoms with van der Waals surface area (Å²) in [5.41, 5.74) is 0.794. The first-order chi connectivity index (χ1) is 7.20. The van der Waals surface area contributed by atoms with Crippen LogP contribution < -0.4 is 4.74 Å². The van der Waals surface area contributed by atoms with E-state index in [9.17, 15) is 5.11 Å². The first-order valence-corrected chi connectivity index (χ1v) is 5.37. The van der Waals surface area contributed by atoms with Crippen molar-refractivity contribution in [2.45, 2.75) is 6.10 Å². The summed E-state index contributed by atoms with van der Waals surface area (Å²) in [4.78, 5) is 0.861. The van der Waals surface area contributed by atoms with Crippen molar-refractivity contribution in [3.8, 4) is 5.75 Å². The first kappa shape index (κ1) is 10.2. The largest absolute Gasteiger partial charge is 0.496 e. The molecule has 4 nitrogen and oxygen atoms in total. The Morgan fingerprint density at radius 3 is 2.93 bits per heavy atom. The van der Waals surface area contributed by atoms with Gasteiger partial charge in [0.2, 0.25) is 0 Å². The lowest BCUT2D eigenvalue weighted by Gasteiger charge is -2.04. The van der Waals surface area contributed by atoms with E-state index in [1.54, 1.807) is 24.2 Å². The van der Waals surface area contributed by atoms with E-state index in [2.05, 4.69) is 5.10 Å². The molecular weight excluding hydrogens is 212 g/mol. The fourth-order valence-electron chi connectivity index (χ4n) is 1.33. The highest BCUT2D eigenvalue weighted by Gasteiger charge is 2.14. The third-order valence-corrected chi connectivity index (χ3v) is 3.10. The number of hydrogen-bond donors (Lipinski definition) is 1. The van der Waals surface area contributed by atoms with Gasteiger partial charge in [0.25, 0.3) is 0 Å². The SMILES string of the molecule is COc1csc(C(O)c2cnn(C)c2)c1. The number of aromatic nitrogens is 2. The van der Waals surface area contributed by atoms with Gasteiger partial charge in [-0.3, -0.25) is 4.68 Å². The Kier molecular flexibility index (Phi) is 2.75. The van der Waals surface area contributed by atoms with E-state index in [1.165, 1.54) is 11.3 Å². The molecule has 0 saturated heterocycles. The number of aryl methyl sites for hydroxylation is 1. The third-order valence-electron chi connectivity index (χ3n) is 2.14. The topological polar surface area (TPSA) is 47.3 Å². The van der Waals surface area contributed by atoms with E-state index in [-0.39, 0.29) is 0 Å². The highest BCUT2D eigenvalue weighted by molar-refractivity contribution is 7.10. The van der Waals surface area contributed by atoms with Gasteiger partial charge in [0, 0.05) is 29.1 Å². The van der Waals surface area contributed by atoms with Crippen LogP contribution in [-0.4, -0.2) is 22.0 Å². The van der Waals surface area contributed by atoms with Crippen LogP contribution in [0.15, 0.2) is 23.8 Å². The standard InChI is InChI=1S/C10H12N2O2S/c1-12-5-7(4-11-12)10(13)9-3-8(14-2)6-15-9/h3-6,10,13H,1-2H3. The predicted molar refractivity (Wildman–Crippen MR) is 58.1 cm³/mol. The Morgan fingerprint density at radius 2 is 2.40 bits per heavy atom. The zero-order valence-corrected chi connectivity index (χ0v) is 9.36.